The number of amides is 3. The fourth-order valence-electron chi connectivity index (χ4n) is 2.87. The van der Waals surface area contributed by atoms with E-state index in [-0.39, 0.29) is 17.5 Å². The molecule has 1 aromatic heterocycles. The lowest BCUT2D eigenvalue weighted by atomic mass is 10.2. The van der Waals surface area contributed by atoms with Gasteiger partial charge in [-0.2, -0.15) is 0 Å². The van der Waals surface area contributed by atoms with Crippen molar-refractivity contribution in [2.24, 2.45) is 0 Å². The molecule has 146 valence electrons. The molecule has 1 aromatic carbocycles. The van der Waals surface area contributed by atoms with E-state index in [1.165, 1.54) is 6.92 Å². The van der Waals surface area contributed by atoms with Crippen LogP contribution in [-0.4, -0.2) is 59.3 Å². The van der Waals surface area contributed by atoms with Crippen LogP contribution in [0.2, 0.25) is 0 Å². The van der Waals surface area contributed by atoms with Crippen LogP contribution < -0.4 is 15.5 Å². The molecular formula is C19H22N6O3. The third kappa shape index (κ3) is 4.81. The van der Waals surface area contributed by atoms with Gasteiger partial charge < -0.3 is 20.4 Å². The Morgan fingerprint density at radius 1 is 1.00 bits per heavy atom. The Balaban J connectivity index is 1.70. The van der Waals surface area contributed by atoms with Gasteiger partial charge >= 0.3 is 0 Å². The number of benzene rings is 1. The van der Waals surface area contributed by atoms with Gasteiger partial charge in [-0.1, -0.05) is 0 Å². The summed E-state index contributed by atoms with van der Waals surface area (Å²) >= 11 is 0. The van der Waals surface area contributed by atoms with Crippen LogP contribution in [0.15, 0.2) is 30.3 Å². The second-order valence-electron chi connectivity index (χ2n) is 6.54. The van der Waals surface area contributed by atoms with Gasteiger partial charge in [-0.3, -0.25) is 14.4 Å². The Hall–Kier alpha value is -3.49. The normalized spacial score (nSPS) is 13.8. The van der Waals surface area contributed by atoms with Gasteiger partial charge in [0, 0.05) is 50.2 Å². The smallest absolute Gasteiger partial charge is 0.274 e. The first kappa shape index (κ1) is 19.3. The van der Waals surface area contributed by atoms with Gasteiger partial charge in [0.1, 0.15) is 5.69 Å². The monoisotopic (exact) mass is 382 g/mol. The largest absolute Gasteiger partial charge is 0.342 e. The number of nitrogens with zero attached hydrogens (tertiary/aromatic N) is 4. The molecule has 1 aliphatic heterocycles. The van der Waals surface area contributed by atoms with Crippen LogP contribution in [0.4, 0.5) is 17.3 Å². The van der Waals surface area contributed by atoms with E-state index in [2.05, 4.69) is 20.6 Å². The number of aryl methyl sites for hydroxylation is 1. The Labute approximate surface area is 162 Å². The predicted octanol–water partition coefficient (Wildman–Crippen LogP) is 1.27. The summed E-state index contributed by atoms with van der Waals surface area (Å²) in [5.74, 6) is -0.0167. The summed E-state index contributed by atoms with van der Waals surface area (Å²) < 4.78 is 0. The average Bonchev–Trinajstić information content (AvgIpc) is 2.68. The van der Waals surface area contributed by atoms with E-state index in [4.69, 9.17) is 0 Å². The van der Waals surface area contributed by atoms with Crippen molar-refractivity contribution >= 4 is 35.5 Å². The Bertz CT molecular complexity index is 876. The minimum atomic E-state index is -0.342. The molecule has 0 atom stereocenters. The van der Waals surface area contributed by atoms with Gasteiger partial charge in [-0.15, -0.1) is 0 Å². The lowest BCUT2D eigenvalue weighted by molar-refractivity contribution is -0.118. The molecule has 1 fully saturated rings. The zero-order valence-electron chi connectivity index (χ0n) is 15.8. The molecule has 0 aliphatic carbocycles. The van der Waals surface area contributed by atoms with Crippen molar-refractivity contribution < 1.29 is 14.4 Å². The first-order valence-corrected chi connectivity index (χ1v) is 8.93. The first-order chi connectivity index (χ1) is 13.4. The lowest BCUT2D eigenvalue weighted by Gasteiger charge is -2.32. The SMILES string of the molecule is CC(=O)Nc1ccc(NC(=O)c2cc(C)nc(N3CCN(C=O)CC3)n2)cc1. The van der Waals surface area contributed by atoms with E-state index in [0.29, 0.717) is 49.2 Å². The molecule has 9 nitrogen and oxygen atoms in total. The highest BCUT2D eigenvalue weighted by molar-refractivity contribution is 6.03. The molecule has 1 aliphatic rings. The molecule has 0 bridgehead atoms. The van der Waals surface area contributed by atoms with Crippen molar-refractivity contribution in [2.45, 2.75) is 13.8 Å². The summed E-state index contributed by atoms with van der Waals surface area (Å²) in [5, 5.41) is 5.47. The van der Waals surface area contributed by atoms with Crippen molar-refractivity contribution in [3.05, 3.63) is 41.7 Å². The van der Waals surface area contributed by atoms with Gasteiger partial charge in [-0.05, 0) is 37.3 Å². The molecule has 0 saturated carbocycles. The predicted molar refractivity (Wildman–Crippen MR) is 105 cm³/mol. The Morgan fingerprint density at radius 3 is 2.18 bits per heavy atom. The zero-order chi connectivity index (χ0) is 20.1. The molecule has 3 amide bonds. The molecular weight excluding hydrogens is 360 g/mol. The fraction of sp³-hybridized carbons (Fsp3) is 0.316. The minimum absolute atomic E-state index is 0.158. The molecule has 2 N–H and O–H groups in total. The summed E-state index contributed by atoms with van der Waals surface area (Å²) in [5.41, 5.74) is 2.21. The second-order valence-corrected chi connectivity index (χ2v) is 6.54. The highest BCUT2D eigenvalue weighted by atomic mass is 16.2. The van der Waals surface area contributed by atoms with Crippen molar-refractivity contribution in [1.29, 1.82) is 0 Å². The number of nitrogens with one attached hydrogen (secondary N) is 2. The number of hydrogen-bond acceptors (Lipinski definition) is 6. The maximum atomic E-state index is 12.6. The van der Waals surface area contributed by atoms with Crippen LogP contribution >= 0.6 is 0 Å². The average molecular weight is 382 g/mol. The number of aromatic nitrogens is 2. The van der Waals surface area contributed by atoms with Gasteiger partial charge in [0.15, 0.2) is 0 Å². The zero-order valence-corrected chi connectivity index (χ0v) is 15.8. The molecule has 2 aromatic rings. The summed E-state index contributed by atoms with van der Waals surface area (Å²) in [6.45, 7) is 5.68. The maximum Gasteiger partial charge on any atom is 0.274 e. The van der Waals surface area contributed by atoms with Crippen LogP contribution in [0.3, 0.4) is 0 Å². The number of anilines is 3. The number of hydrogen-bond donors (Lipinski definition) is 2. The topological polar surface area (TPSA) is 108 Å². The van der Waals surface area contributed by atoms with Gasteiger partial charge in [0.05, 0.1) is 0 Å². The second kappa shape index (κ2) is 8.47. The molecule has 9 heteroatoms. The van der Waals surface area contributed by atoms with Crippen LogP contribution in [-0.2, 0) is 9.59 Å². The number of piperazine rings is 1. The first-order valence-electron chi connectivity index (χ1n) is 8.93. The highest BCUT2D eigenvalue weighted by Gasteiger charge is 2.20. The van der Waals surface area contributed by atoms with Crippen LogP contribution in [0, 0.1) is 6.92 Å². The van der Waals surface area contributed by atoms with E-state index in [1.807, 2.05) is 11.8 Å². The van der Waals surface area contributed by atoms with E-state index in [0.717, 1.165) is 6.41 Å². The molecule has 28 heavy (non-hydrogen) atoms. The van der Waals surface area contributed by atoms with Gasteiger partial charge in [0.25, 0.3) is 5.91 Å². The number of rotatable bonds is 5. The molecule has 0 spiro atoms. The fourth-order valence-corrected chi connectivity index (χ4v) is 2.87. The van der Waals surface area contributed by atoms with E-state index in [1.54, 1.807) is 35.2 Å². The number of carbonyl (C=O) groups is 3. The molecule has 2 heterocycles. The third-order valence-corrected chi connectivity index (χ3v) is 4.28. The van der Waals surface area contributed by atoms with Crippen molar-refractivity contribution in [2.75, 3.05) is 41.7 Å². The molecule has 0 radical (unpaired) electrons. The Kier molecular flexibility index (Phi) is 5.83. The van der Waals surface area contributed by atoms with Crippen LogP contribution in [0.25, 0.3) is 0 Å². The van der Waals surface area contributed by atoms with E-state index in [9.17, 15) is 14.4 Å². The van der Waals surface area contributed by atoms with E-state index >= 15 is 0 Å². The molecule has 1 saturated heterocycles. The number of carbonyl (C=O) groups excluding carboxylic acids is 3. The van der Waals surface area contributed by atoms with Crippen molar-refractivity contribution in [3.8, 4) is 0 Å². The van der Waals surface area contributed by atoms with Gasteiger partial charge in [-0.25, -0.2) is 9.97 Å². The summed E-state index contributed by atoms with van der Waals surface area (Å²) in [7, 11) is 0. The standard InChI is InChI=1S/C19H22N6O3/c1-13-11-17(23-19(20-13)25-9-7-24(12-26)8-10-25)18(28)22-16-5-3-15(4-6-16)21-14(2)27/h3-6,11-12H,7-10H2,1-2H3,(H,21,27)(H,22,28). The quantitative estimate of drug-likeness (QED) is 0.754. The van der Waals surface area contributed by atoms with E-state index < -0.39 is 0 Å². The molecule has 3 rings (SSSR count). The Morgan fingerprint density at radius 2 is 1.61 bits per heavy atom. The van der Waals surface area contributed by atoms with Crippen molar-refractivity contribution in [1.82, 2.24) is 14.9 Å². The third-order valence-electron chi connectivity index (χ3n) is 4.28. The molecule has 0 unspecified atom stereocenters. The minimum Gasteiger partial charge on any atom is -0.342 e. The van der Waals surface area contributed by atoms with Crippen LogP contribution in [0.5, 0.6) is 0 Å². The summed E-state index contributed by atoms with van der Waals surface area (Å²) in [4.78, 5) is 47.0. The van der Waals surface area contributed by atoms with Crippen molar-refractivity contribution in [3.63, 3.8) is 0 Å². The maximum absolute atomic E-state index is 12.6. The van der Waals surface area contributed by atoms with Gasteiger partial charge in [0.2, 0.25) is 18.3 Å². The summed E-state index contributed by atoms with van der Waals surface area (Å²) in [6.07, 6.45) is 0.838. The lowest BCUT2D eigenvalue weighted by Crippen LogP contribution is -2.46. The van der Waals surface area contributed by atoms with Crippen LogP contribution in [0.1, 0.15) is 23.1 Å². The highest BCUT2D eigenvalue weighted by Crippen LogP contribution is 2.16. The summed E-state index contributed by atoms with van der Waals surface area (Å²) in [6, 6.07) is 8.46.